The monoisotopic (exact) mass is 427 g/mol. The fourth-order valence-corrected chi connectivity index (χ4v) is 7.31. The second kappa shape index (κ2) is 7.89. The Bertz CT molecular complexity index is 1090. The highest BCUT2D eigenvalue weighted by Crippen LogP contribution is 2.41. The largest absolute Gasteiger partial charge is 0.457 e. The van der Waals surface area contributed by atoms with Gasteiger partial charge in [0, 0.05) is 10.9 Å². The average molecular weight is 428 g/mol. The number of para-hydroxylation sites is 1. The molecule has 0 aliphatic carbocycles. The maximum atomic E-state index is 12.1. The van der Waals surface area contributed by atoms with E-state index in [1.54, 1.807) is 23.1 Å². The van der Waals surface area contributed by atoms with E-state index < -0.39 is 15.7 Å². The molecule has 2 aromatic carbocycles. The molecule has 0 spiro atoms. The zero-order chi connectivity index (χ0) is 20.4. The number of sulfone groups is 1. The zero-order valence-corrected chi connectivity index (χ0v) is 16.9. The van der Waals surface area contributed by atoms with Crippen molar-refractivity contribution >= 4 is 38.4 Å². The van der Waals surface area contributed by atoms with Gasteiger partial charge in [0.15, 0.2) is 15.0 Å². The second-order valence-electron chi connectivity index (χ2n) is 6.70. The molecule has 2 aromatic rings. The Kier molecular flexibility index (Phi) is 5.30. The van der Waals surface area contributed by atoms with E-state index in [-0.39, 0.29) is 29.2 Å². The number of benzene rings is 2. The number of fused-ring (bicyclic) bond motifs is 1. The summed E-state index contributed by atoms with van der Waals surface area (Å²) in [6.45, 7) is 0. The van der Waals surface area contributed by atoms with Crippen molar-refractivity contribution in [1.29, 1.82) is 5.26 Å². The van der Waals surface area contributed by atoms with E-state index in [1.165, 1.54) is 11.8 Å². The molecule has 2 heterocycles. The van der Waals surface area contributed by atoms with Crippen LogP contribution >= 0.6 is 11.8 Å². The van der Waals surface area contributed by atoms with Crippen molar-refractivity contribution in [3.63, 3.8) is 0 Å². The number of nitrogens with zero attached hydrogens (tertiary/aromatic N) is 3. The minimum absolute atomic E-state index is 0.0123. The van der Waals surface area contributed by atoms with Crippen LogP contribution in [0.25, 0.3) is 0 Å². The Balaban J connectivity index is 1.62. The molecule has 148 valence electrons. The van der Waals surface area contributed by atoms with E-state index in [0.29, 0.717) is 16.7 Å². The molecule has 0 saturated carbocycles. The van der Waals surface area contributed by atoms with Gasteiger partial charge >= 0.3 is 0 Å². The Morgan fingerprint density at radius 1 is 1.14 bits per heavy atom. The van der Waals surface area contributed by atoms with Gasteiger partial charge in [-0.05, 0) is 36.4 Å². The first-order valence-corrected chi connectivity index (χ1v) is 11.6. The lowest BCUT2D eigenvalue weighted by molar-refractivity contribution is -0.116. The van der Waals surface area contributed by atoms with Crippen LogP contribution in [0, 0.1) is 11.3 Å². The van der Waals surface area contributed by atoms with Crippen LogP contribution in [0.4, 0.5) is 5.69 Å². The van der Waals surface area contributed by atoms with Crippen LogP contribution in [-0.4, -0.2) is 42.3 Å². The molecular weight excluding hydrogens is 410 g/mol. The van der Waals surface area contributed by atoms with Crippen LogP contribution in [0.3, 0.4) is 0 Å². The Labute approximate surface area is 172 Å². The molecule has 2 fully saturated rings. The molecule has 1 amide bonds. The summed E-state index contributed by atoms with van der Waals surface area (Å²) in [6.07, 6.45) is -0.310. The Morgan fingerprint density at radius 2 is 1.83 bits per heavy atom. The first-order chi connectivity index (χ1) is 13.9. The van der Waals surface area contributed by atoms with Gasteiger partial charge < -0.3 is 9.64 Å². The van der Waals surface area contributed by atoms with Gasteiger partial charge in [0.1, 0.15) is 17.9 Å². The van der Waals surface area contributed by atoms with Gasteiger partial charge in [0.2, 0.25) is 0 Å². The molecule has 29 heavy (non-hydrogen) atoms. The van der Waals surface area contributed by atoms with Gasteiger partial charge in [-0.3, -0.25) is 4.79 Å². The van der Waals surface area contributed by atoms with Gasteiger partial charge in [-0.25, -0.2) is 8.42 Å². The number of aliphatic imine (C=N–C) groups is 1. The number of thioether (sulfide) groups is 1. The summed E-state index contributed by atoms with van der Waals surface area (Å²) >= 11 is 1.28. The summed E-state index contributed by atoms with van der Waals surface area (Å²) in [5, 5.41) is 8.97. The number of carbonyl (C=O) groups excluding carboxylic acids is 1. The fourth-order valence-electron chi connectivity index (χ4n) is 3.38. The number of anilines is 1. The third kappa shape index (κ3) is 4.28. The fraction of sp³-hybridized carbons (Fsp3) is 0.250. The molecule has 2 atom stereocenters. The molecule has 2 aliphatic heterocycles. The van der Waals surface area contributed by atoms with Gasteiger partial charge in [-0.15, -0.1) is 0 Å². The lowest BCUT2D eigenvalue weighted by atomic mass is 10.2. The molecule has 0 N–H and O–H groups in total. The van der Waals surface area contributed by atoms with Crippen LogP contribution < -0.4 is 9.64 Å². The third-order valence-corrected chi connectivity index (χ3v) is 7.82. The van der Waals surface area contributed by atoms with Gasteiger partial charge in [0.05, 0.1) is 23.6 Å². The number of hydrogen-bond donors (Lipinski definition) is 0. The Hall–Kier alpha value is -2.83. The third-order valence-electron chi connectivity index (χ3n) is 4.61. The first-order valence-electron chi connectivity index (χ1n) is 8.93. The summed E-state index contributed by atoms with van der Waals surface area (Å²) in [7, 11) is -3.14. The van der Waals surface area contributed by atoms with Crippen LogP contribution in [0.2, 0.25) is 0 Å². The van der Waals surface area contributed by atoms with E-state index >= 15 is 0 Å². The van der Waals surface area contributed by atoms with Crippen LogP contribution in [0.5, 0.6) is 11.5 Å². The molecule has 9 heteroatoms. The maximum Gasteiger partial charge on any atom is 0.262 e. The average Bonchev–Trinajstić information content (AvgIpc) is 3.14. The molecular formula is C20H17N3O4S2. The van der Waals surface area contributed by atoms with Gasteiger partial charge in [0.25, 0.3) is 5.91 Å². The van der Waals surface area contributed by atoms with E-state index in [4.69, 9.17) is 10.00 Å². The van der Waals surface area contributed by atoms with Crippen molar-refractivity contribution in [1.82, 2.24) is 0 Å². The van der Waals surface area contributed by atoms with Crippen molar-refractivity contribution < 1.29 is 17.9 Å². The summed E-state index contributed by atoms with van der Waals surface area (Å²) < 4.78 is 30.0. The molecule has 2 saturated heterocycles. The van der Waals surface area contributed by atoms with Crippen molar-refractivity contribution in [2.24, 2.45) is 4.99 Å². The lowest BCUT2D eigenvalue weighted by Gasteiger charge is -2.24. The molecule has 0 bridgehead atoms. The van der Waals surface area contributed by atoms with Crippen molar-refractivity contribution in [3.8, 4) is 17.6 Å². The quantitative estimate of drug-likeness (QED) is 0.739. The van der Waals surface area contributed by atoms with E-state index in [1.807, 2.05) is 42.5 Å². The van der Waals surface area contributed by atoms with Crippen molar-refractivity contribution in [2.75, 3.05) is 16.4 Å². The lowest BCUT2D eigenvalue weighted by Crippen LogP contribution is -2.37. The summed E-state index contributed by atoms with van der Waals surface area (Å²) in [5.74, 6) is 0.884. The van der Waals surface area contributed by atoms with Crippen LogP contribution in [0.15, 0.2) is 59.6 Å². The highest BCUT2D eigenvalue weighted by atomic mass is 32.2. The molecule has 7 nitrogen and oxygen atoms in total. The predicted octanol–water partition coefficient (Wildman–Crippen LogP) is 2.99. The van der Waals surface area contributed by atoms with E-state index in [0.717, 1.165) is 5.69 Å². The number of ether oxygens (including phenoxy) is 1. The molecule has 0 radical (unpaired) electrons. The molecule has 0 aromatic heterocycles. The standard InChI is InChI=1S/C20H17N3O4S2/c21-11-10-19(24)22-20-23(17-12-29(25,26)13-18(17)28-20)14-6-8-16(9-7-14)27-15-4-2-1-3-5-15/h1-9,17-18H,10,12-13H2. The summed E-state index contributed by atoms with van der Waals surface area (Å²) in [4.78, 5) is 17.7. The normalized spacial score (nSPS) is 23.6. The van der Waals surface area contributed by atoms with Crippen LogP contribution in [-0.2, 0) is 14.6 Å². The molecule has 4 rings (SSSR count). The first kappa shape index (κ1) is 19.5. The van der Waals surface area contributed by atoms with Gasteiger partial charge in [-0.2, -0.15) is 10.3 Å². The van der Waals surface area contributed by atoms with Gasteiger partial charge in [-0.1, -0.05) is 30.0 Å². The SMILES string of the molecule is N#CCC(=O)N=C1SC2CS(=O)(=O)CC2N1c1ccc(Oc2ccccc2)cc1. The molecule has 2 unspecified atom stereocenters. The smallest absolute Gasteiger partial charge is 0.262 e. The minimum Gasteiger partial charge on any atom is -0.457 e. The number of nitriles is 1. The second-order valence-corrected chi connectivity index (χ2v) is 10.1. The van der Waals surface area contributed by atoms with E-state index in [2.05, 4.69) is 4.99 Å². The molecule has 2 aliphatic rings. The Morgan fingerprint density at radius 3 is 2.52 bits per heavy atom. The topological polar surface area (TPSA) is 99.8 Å². The maximum absolute atomic E-state index is 12.1. The minimum atomic E-state index is -3.14. The number of amidine groups is 1. The van der Waals surface area contributed by atoms with E-state index in [9.17, 15) is 13.2 Å². The van der Waals surface area contributed by atoms with Crippen molar-refractivity contribution in [2.45, 2.75) is 17.7 Å². The number of hydrogen-bond acceptors (Lipinski definition) is 6. The highest BCUT2D eigenvalue weighted by molar-refractivity contribution is 8.16. The number of carbonyl (C=O) groups is 1. The summed E-state index contributed by atoms with van der Waals surface area (Å²) in [5.41, 5.74) is 0.728. The zero-order valence-electron chi connectivity index (χ0n) is 15.3. The summed E-state index contributed by atoms with van der Waals surface area (Å²) in [6, 6.07) is 18.1. The number of rotatable bonds is 4. The predicted molar refractivity (Wildman–Crippen MR) is 112 cm³/mol. The highest BCUT2D eigenvalue weighted by Gasteiger charge is 2.49. The number of amides is 1. The van der Waals surface area contributed by atoms with Crippen molar-refractivity contribution in [3.05, 3.63) is 54.6 Å². The van der Waals surface area contributed by atoms with Crippen LogP contribution in [0.1, 0.15) is 6.42 Å².